The summed E-state index contributed by atoms with van der Waals surface area (Å²) < 4.78 is 5.44. The van der Waals surface area contributed by atoms with Crippen LogP contribution >= 0.6 is 0 Å². The third kappa shape index (κ3) is 11.6. The smallest absolute Gasteiger partial charge is 0.472 e. The van der Waals surface area contributed by atoms with Crippen molar-refractivity contribution in [2.45, 2.75) is 6.42 Å². The van der Waals surface area contributed by atoms with Gasteiger partial charge in [0.2, 0.25) is 0 Å². The lowest BCUT2D eigenvalue weighted by Crippen LogP contribution is -2.23. The number of ether oxygens (including phenoxy) is 1. The summed E-state index contributed by atoms with van der Waals surface area (Å²) in [5, 5.41) is 12.5. The van der Waals surface area contributed by atoms with Crippen LogP contribution in [0.2, 0.25) is 0 Å². The van der Waals surface area contributed by atoms with Gasteiger partial charge in [-0.3, -0.25) is 4.99 Å². The van der Waals surface area contributed by atoms with E-state index in [1.807, 2.05) is 30.3 Å². The Kier molecular flexibility index (Phi) is 8.35. The van der Waals surface area contributed by atoms with Crippen molar-refractivity contribution in [3.8, 4) is 5.75 Å². The Labute approximate surface area is 104 Å². The molecule has 8 nitrogen and oxygen atoms in total. The van der Waals surface area contributed by atoms with Gasteiger partial charge in [-0.05, 0) is 12.1 Å². The molecule has 1 aromatic carbocycles. The van der Waals surface area contributed by atoms with Crippen molar-refractivity contribution >= 4 is 5.96 Å². The SMILES string of the molecule is NC(N)=NCCCOc1ccccc1.O=[N+](O)O. The average molecular weight is 257 g/mol. The largest absolute Gasteiger partial charge is 0.494 e. The zero-order valence-electron chi connectivity index (χ0n) is 9.77. The van der Waals surface area contributed by atoms with Crippen molar-refractivity contribution in [2.24, 2.45) is 16.5 Å². The second kappa shape index (κ2) is 9.70. The number of aliphatic imine (C=N–C) groups is 1. The topological polar surface area (TPSA) is 134 Å². The maximum absolute atomic E-state index is 8.47. The molecule has 0 bridgehead atoms. The predicted octanol–water partition coefficient (Wildman–Crippen LogP) is 0.273. The highest BCUT2D eigenvalue weighted by atomic mass is 16.9. The van der Waals surface area contributed by atoms with E-state index >= 15 is 0 Å². The van der Waals surface area contributed by atoms with Gasteiger partial charge in [0, 0.05) is 13.0 Å². The number of rotatable bonds is 5. The molecule has 1 rings (SSSR count). The summed E-state index contributed by atoms with van der Waals surface area (Å²) in [6, 6.07) is 9.66. The van der Waals surface area contributed by atoms with E-state index in [2.05, 4.69) is 4.99 Å². The highest BCUT2D eigenvalue weighted by Gasteiger charge is 1.90. The standard InChI is InChI=1S/C10H15N3O.H2NO3/c11-10(12)13-7-4-8-14-9-5-2-1-3-6-9;2-1(3)4/h1-3,5-6H,4,7-8H2,(H4,11,12,13);(H2,2,3,4)/q;+1. The first-order chi connectivity index (χ1) is 8.52. The van der Waals surface area contributed by atoms with Crippen LogP contribution in [-0.2, 0) is 0 Å². The number of guanidine groups is 1. The van der Waals surface area contributed by atoms with Gasteiger partial charge in [0.1, 0.15) is 10.7 Å². The Morgan fingerprint density at radius 1 is 1.28 bits per heavy atom. The van der Waals surface area contributed by atoms with Crippen molar-refractivity contribution in [1.29, 1.82) is 0 Å². The highest BCUT2D eigenvalue weighted by Crippen LogP contribution is 2.08. The summed E-state index contributed by atoms with van der Waals surface area (Å²) in [5.74, 6) is 1.00. The van der Waals surface area contributed by atoms with E-state index in [0.717, 1.165) is 12.2 Å². The Balaban J connectivity index is 0.000000631. The normalized spacial score (nSPS) is 8.67. The first kappa shape index (κ1) is 15.5. The summed E-state index contributed by atoms with van der Waals surface area (Å²) in [6.07, 6.45) is 0.812. The van der Waals surface area contributed by atoms with Gasteiger partial charge in [0.05, 0.1) is 6.61 Å². The zero-order chi connectivity index (χ0) is 13.8. The molecule has 18 heavy (non-hydrogen) atoms. The molecule has 0 unspecified atom stereocenters. The van der Waals surface area contributed by atoms with Crippen LogP contribution in [0.25, 0.3) is 0 Å². The third-order valence-corrected chi connectivity index (χ3v) is 1.61. The molecule has 0 amide bonds. The molecular weight excluding hydrogens is 240 g/mol. The van der Waals surface area contributed by atoms with Crippen LogP contribution in [-0.4, -0.2) is 34.6 Å². The minimum atomic E-state index is -1.25. The number of benzene rings is 1. The fourth-order valence-electron chi connectivity index (χ4n) is 0.979. The van der Waals surface area contributed by atoms with Crippen molar-refractivity contribution in [3.05, 3.63) is 35.2 Å². The van der Waals surface area contributed by atoms with Crippen molar-refractivity contribution in [2.75, 3.05) is 13.2 Å². The lowest BCUT2D eigenvalue weighted by atomic mass is 10.3. The molecule has 100 valence electrons. The molecule has 0 aliphatic carbocycles. The molecule has 0 aromatic heterocycles. The Hall–Kier alpha value is -2.51. The number of para-hydroxylation sites is 1. The van der Waals surface area contributed by atoms with Crippen LogP contribution < -0.4 is 16.2 Å². The molecule has 8 heteroatoms. The average Bonchev–Trinajstić information content (AvgIpc) is 2.29. The van der Waals surface area contributed by atoms with Gasteiger partial charge in [-0.2, -0.15) is 0 Å². The van der Waals surface area contributed by atoms with Crippen molar-refractivity contribution < 1.29 is 20.2 Å². The molecule has 0 fully saturated rings. The van der Waals surface area contributed by atoms with E-state index in [4.69, 9.17) is 31.5 Å². The van der Waals surface area contributed by atoms with E-state index in [9.17, 15) is 0 Å². The highest BCUT2D eigenvalue weighted by molar-refractivity contribution is 5.75. The summed E-state index contributed by atoms with van der Waals surface area (Å²) >= 11 is 0. The van der Waals surface area contributed by atoms with Crippen LogP contribution in [0.1, 0.15) is 6.42 Å². The fraction of sp³-hybridized carbons (Fsp3) is 0.300. The minimum absolute atomic E-state index is 0.129. The molecule has 0 radical (unpaired) electrons. The number of hydrogen-bond donors (Lipinski definition) is 4. The molecule has 1 aromatic rings. The molecule has 6 N–H and O–H groups in total. The van der Waals surface area contributed by atoms with Gasteiger partial charge in [0.25, 0.3) is 0 Å². The summed E-state index contributed by atoms with van der Waals surface area (Å²) in [5.41, 5.74) is 10.3. The second-order valence-electron chi connectivity index (χ2n) is 3.07. The Morgan fingerprint density at radius 2 is 1.83 bits per heavy atom. The van der Waals surface area contributed by atoms with Gasteiger partial charge in [-0.25, -0.2) is 10.4 Å². The Morgan fingerprint density at radius 3 is 2.33 bits per heavy atom. The maximum atomic E-state index is 8.47. The molecular formula is C10H17N4O4+. The van der Waals surface area contributed by atoms with Crippen LogP contribution in [0.4, 0.5) is 0 Å². The number of hydrogen-bond acceptors (Lipinski definition) is 3. The second-order valence-corrected chi connectivity index (χ2v) is 3.07. The maximum Gasteiger partial charge on any atom is 0.472 e. The number of nitrogens with zero attached hydrogens (tertiary/aromatic N) is 2. The van der Waals surface area contributed by atoms with E-state index < -0.39 is 5.09 Å². The van der Waals surface area contributed by atoms with Gasteiger partial charge in [-0.1, -0.05) is 18.2 Å². The van der Waals surface area contributed by atoms with Gasteiger partial charge in [0.15, 0.2) is 5.96 Å². The van der Waals surface area contributed by atoms with Crippen molar-refractivity contribution in [3.63, 3.8) is 0 Å². The third-order valence-electron chi connectivity index (χ3n) is 1.61. The van der Waals surface area contributed by atoms with E-state index in [-0.39, 0.29) is 5.96 Å². The Bertz CT molecular complexity index is 361. The van der Waals surface area contributed by atoms with Crippen LogP contribution in [0.15, 0.2) is 35.3 Å². The zero-order valence-corrected chi connectivity index (χ0v) is 9.77. The van der Waals surface area contributed by atoms with E-state index in [1.54, 1.807) is 0 Å². The summed E-state index contributed by atoms with van der Waals surface area (Å²) in [6.45, 7) is 1.23. The van der Waals surface area contributed by atoms with Crippen LogP contribution in [0.5, 0.6) is 5.75 Å². The minimum Gasteiger partial charge on any atom is -0.494 e. The molecule has 0 aliphatic heterocycles. The number of nitrogens with two attached hydrogens (primary N) is 2. The first-order valence-corrected chi connectivity index (χ1v) is 5.10. The lowest BCUT2D eigenvalue weighted by Gasteiger charge is -2.03. The summed E-state index contributed by atoms with van der Waals surface area (Å²) in [4.78, 5) is 12.3. The molecule has 0 spiro atoms. The lowest BCUT2D eigenvalue weighted by molar-refractivity contribution is -0.969. The monoisotopic (exact) mass is 257 g/mol. The van der Waals surface area contributed by atoms with Gasteiger partial charge in [-0.15, -0.1) is 0 Å². The molecule has 0 atom stereocenters. The predicted molar refractivity (Wildman–Crippen MR) is 64.4 cm³/mol. The first-order valence-electron chi connectivity index (χ1n) is 5.10. The van der Waals surface area contributed by atoms with Crippen molar-refractivity contribution in [1.82, 2.24) is 0 Å². The molecule has 0 saturated heterocycles. The van der Waals surface area contributed by atoms with Crippen LogP contribution in [0.3, 0.4) is 0 Å². The summed E-state index contributed by atoms with van der Waals surface area (Å²) in [7, 11) is 0. The van der Waals surface area contributed by atoms with E-state index in [1.165, 1.54) is 0 Å². The van der Waals surface area contributed by atoms with Gasteiger partial charge < -0.3 is 16.2 Å². The molecule has 0 aliphatic rings. The fourth-order valence-corrected chi connectivity index (χ4v) is 0.979. The molecule has 0 heterocycles. The van der Waals surface area contributed by atoms with Gasteiger partial charge >= 0.3 is 5.09 Å². The van der Waals surface area contributed by atoms with Crippen LogP contribution in [0, 0.1) is 4.91 Å². The molecule has 0 saturated carbocycles. The van der Waals surface area contributed by atoms with E-state index in [0.29, 0.717) is 13.2 Å². The quantitative estimate of drug-likeness (QED) is 0.259.